The Morgan fingerprint density at radius 3 is 2.50 bits per heavy atom. The van der Waals surface area contributed by atoms with Crippen molar-refractivity contribution < 1.29 is 5.11 Å². The maximum absolute atomic E-state index is 8.96. The van der Waals surface area contributed by atoms with E-state index >= 15 is 0 Å². The smallest absolute Gasteiger partial charge is 0.0540 e. The van der Waals surface area contributed by atoms with Crippen LogP contribution in [0.2, 0.25) is 0 Å². The molecule has 0 saturated carbocycles. The van der Waals surface area contributed by atoms with Gasteiger partial charge in [0.15, 0.2) is 0 Å². The Bertz CT molecular complexity index is 43.7. The highest BCUT2D eigenvalue weighted by molar-refractivity contribution is 4.66. The van der Waals surface area contributed by atoms with Crippen molar-refractivity contribution in [2.45, 2.75) is 39.2 Å². The lowest BCUT2D eigenvalue weighted by molar-refractivity contribution is 0.169. The molecule has 0 aromatic carbocycles. The van der Waals surface area contributed by atoms with Crippen molar-refractivity contribution in [3.05, 3.63) is 6.42 Å². The van der Waals surface area contributed by atoms with Crippen molar-refractivity contribution in [3.8, 4) is 0 Å². The molecule has 0 aromatic heterocycles. The second kappa shape index (κ2) is 5.10. The van der Waals surface area contributed by atoms with Gasteiger partial charge in [-0.3, -0.25) is 0 Å². The highest BCUT2D eigenvalue weighted by atomic mass is 16.3. The summed E-state index contributed by atoms with van der Waals surface area (Å²) in [6.45, 7) is 4.08. The quantitative estimate of drug-likeness (QED) is 0.592. The van der Waals surface area contributed by atoms with Crippen molar-refractivity contribution in [2.24, 2.45) is 0 Å². The normalized spacial score (nSPS) is 13.9. The Hall–Kier alpha value is -0.0400. The fourth-order valence-electron chi connectivity index (χ4n) is 0.526. The standard InChI is InChI=1S/C7H15O/c1-3-5-6-7(8)4-2/h5,7-8H,3-4,6H2,1-2H3. The third kappa shape index (κ3) is 4.13. The van der Waals surface area contributed by atoms with E-state index in [9.17, 15) is 0 Å². The zero-order valence-corrected chi connectivity index (χ0v) is 5.72. The summed E-state index contributed by atoms with van der Waals surface area (Å²) in [5.41, 5.74) is 0. The van der Waals surface area contributed by atoms with Crippen LogP contribution >= 0.6 is 0 Å². The lowest BCUT2D eigenvalue weighted by Crippen LogP contribution is -2.03. The molecule has 1 N–H and O–H groups in total. The number of unbranched alkanes of at least 4 members (excludes halogenated alkanes) is 1. The number of hydrogen-bond acceptors (Lipinski definition) is 1. The minimum Gasteiger partial charge on any atom is -0.393 e. The van der Waals surface area contributed by atoms with E-state index < -0.39 is 0 Å². The van der Waals surface area contributed by atoms with Crippen molar-refractivity contribution in [1.82, 2.24) is 0 Å². The van der Waals surface area contributed by atoms with E-state index in [2.05, 4.69) is 13.3 Å². The first-order chi connectivity index (χ1) is 3.81. The summed E-state index contributed by atoms with van der Waals surface area (Å²) in [5, 5.41) is 8.96. The van der Waals surface area contributed by atoms with Crippen LogP contribution < -0.4 is 0 Å². The van der Waals surface area contributed by atoms with E-state index in [1.54, 1.807) is 0 Å². The summed E-state index contributed by atoms with van der Waals surface area (Å²) in [7, 11) is 0. The van der Waals surface area contributed by atoms with E-state index in [1.807, 2.05) is 6.92 Å². The SMILES string of the molecule is CC[CH]CC(O)CC. The fourth-order valence-corrected chi connectivity index (χ4v) is 0.526. The first kappa shape index (κ1) is 7.96. The Morgan fingerprint density at radius 1 is 1.50 bits per heavy atom. The van der Waals surface area contributed by atoms with Crippen LogP contribution in [0.3, 0.4) is 0 Å². The number of rotatable bonds is 4. The minimum absolute atomic E-state index is 0.102. The molecule has 0 heterocycles. The molecule has 0 aliphatic carbocycles. The zero-order chi connectivity index (χ0) is 6.41. The van der Waals surface area contributed by atoms with E-state index in [1.165, 1.54) is 0 Å². The summed E-state index contributed by atoms with van der Waals surface area (Å²) in [6.07, 6.45) is 4.80. The van der Waals surface area contributed by atoms with Crippen LogP contribution in [0.4, 0.5) is 0 Å². The molecule has 1 radical (unpaired) electrons. The third-order valence-electron chi connectivity index (χ3n) is 1.20. The number of hydrogen-bond donors (Lipinski definition) is 1. The molecular formula is C7H15O. The Labute approximate surface area is 51.7 Å². The Kier molecular flexibility index (Phi) is 5.08. The molecule has 0 aliphatic rings. The number of aliphatic hydroxyl groups is 1. The van der Waals surface area contributed by atoms with Crippen LogP contribution in [0, 0.1) is 6.42 Å². The van der Waals surface area contributed by atoms with E-state index in [0.29, 0.717) is 0 Å². The average Bonchev–Trinajstić information content (AvgIpc) is 1.83. The van der Waals surface area contributed by atoms with Gasteiger partial charge in [0.25, 0.3) is 0 Å². The maximum Gasteiger partial charge on any atom is 0.0540 e. The van der Waals surface area contributed by atoms with E-state index in [4.69, 9.17) is 5.11 Å². The molecule has 1 unspecified atom stereocenters. The summed E-state index contributed by atoms with van der Waals surface area (Å²) < 4.78 is 0. The van der Waals surface area contributed by atoms with Crippen LogP contribution in [-0.2, 0) is 0 Å². The average molecular weight is 115 g/mol. The van der Waals surface area contributed by atoms with Gasteiger partial charge in [-0.1, -0.05) is 20.3 Å². The molecule has 49 valence electrons. The molecule has 0 bridgehead atoms. The lowest BCUT2D eigenvalue weighted by Gasteiger charge is -2.03. The van der Waals surface area contributed by atoms with Gasteiger partial charge in [-0.2, -0.15) is 0 Å². The number of aliphatic hydroxyl groups excluding tert-OH is 1. The van der Waals surface area contributed by atoms with Gasteiger partial charge in [0.2, 0.25) is 0 Å². The van der Waals surface area contributed by atoms with Gasteiger partial charge in [0.05, 0.1) is 6.10 Å². The molecule has 0 spiro atoms. The highest BCUT2D eigenvalue weighted by Crippen LogP contribution is 2.00. The molecule has 0 rings (SSSR count). The molecule has 1 atom stereocenters. The largest absolute Gasteiger partial charge is 0.393 e. The molecule has 8 heavy (non-hydrogen) atoms. The molecule has 0 amide bonds. The first-order valence-electron chi connectivity index (χ1n) is 3.31. The summed E-state index contributed by atoms with van der Waals surface area (Å²) >= 11 is 0. The predicted molar refractivity (Wildman–Crippen MR) is 35.5 cm³/mol. The van der Waals surface area contributed by atoms with Gasteiger partial charge in [0.1, 0.15) is 0 Å². The predicted octanol–water partition coefficient (Wildman–Crippen LogP) is 1.76. The van der Waals surface area contributed by atoms with Gasteiger partial charge < -0.3 is 5.11 Å². The lowest BCUT2D eigenvalue weighted by atomic mass is 10.1. The van der Waals surface area contributed by atoms with Crippen LogP contribution in [0.5, 0.6) is 0 Å². The van der Waals surface area contributed by atoms with E-state index in [-0.39, 0.29) is 6.10 Å². The zero-order valence-electron chi connectivity index (χ0n) is 5.72. The third-order valence-corrected chi connectivity index (χ3v) is 1.20. The van der Waals surface area contributed by atoms with Crippen LogP contribution in [0.25, 0.3) is 0 Å². The maximum atomic E-state index is 8.96. The minimum atomic E-state index is -0.102. The summed E-state index contributed by atoms with van der Waals surface area (Å²) in [5.74, 6) is 0. The van der Waals surface area contributed by atoms with Crippen LogP contribution in [-0.4, -0.2) is 11.2 Å². The second-order valence-electron chi connectivity index (χ2n) is 1.99. The van der Waals surface area contributed by atoms with Crippen molar-refractivity contribution in [1.29, 1.82) is 0 Å². The van der Waals surface area contributed by atoms with Gasteiger partial charge in [-0.05, 0) is 19.3 Å². The van der Waals surface area contributed by atoms with Crippen molar-refractivity contribution in [3.63, 3.8) is 0 Å². The van der Waals surface area contributed by atoms with Gasteiger partial charge in [-0.25, -0.2) is 0 Å². The van der Waals surface area contributed by atoms with Gasteiger partial charge >= 0.3 is 0 Å². The van der Waals surface area contributed by atoms with E-state index in [0.717, 1.165) is 19.3 Å². The van der Waals surface area contributed by atoms with Crippen molar-refractivity contribution in [2.75, 3.05) is 0 Å². The summed E-state index contributed by atoms with van der Waals surface area (Å²) in [4.78, 5) is 0. The van der Waals surface area contributed by atoms with Crippen LogP contribution in [0.15, 0.2) is 0 Å². The first-order valence-corrected chi connectivity index (χ1v) is 3.31. The van der Waals surface area contributed by atoms with Gasteiger partial charge in [0, 0.05) is 0 Å². The highest BCUT2D eigenvalue weighted by Gasteiger charge is 1.96. The molecular weight excluding hydrogens is 100 g/mol. The molecule has 0 saturated heterocycles. The topological polar surface area (TPSA) is 20.2 Å². The molecule has 0 aliphatic heterocycles. The molecule has 1 heteroatoms. The Balaban J connectivity index is 2.86. The second-order valence-corrected chi connectivity index (χ2v) is 1.99. The van der Waals surface area contributed by atoms with Gasteiger partial charge in [-0.15, -0.1) is 0 Å². The fraction of sp³-hybridized carbons (Fsp3) is 0.857. The molecule has 1 nitrogen and oxygen atoms in total. The Morgan fingerprint density at radius 2 is 2.12 bits per heavy atom. The van der Waals surface area contributed by atoms with Crippen LogP contribution in [0.1, 0.15) is 33.1 Å². The summed E-state index contributed by atoms with van der Waals surface area (Å²) in [6, 6.07) is 0. The molecule has 0 fully saturated rings. The molecule has 0 aromatic rings. The van der Waals surface area contributed by atoms with Crippen molar-refractivity contribution >= 4 is 0 Å². The monoisotopic (exact) mass is 115 g/mol.